The van der Waals surface area contributed by atoms with Crippen LogP contribution in [0.4, 0.5) is 10.2 Å². The normalized spacial score (nSPS) is 16.7. The molecule has 0 radical (unpaired) electrons. The minimum atomic E-state index is -0.272. The predicted octanol–water partition coefficient (Wildman–Crippen LogP) is 3.98. The molecule has 3 aromatic rings. The Morgan fingerprint density at radius 1 is 1.24 bits per heavy atom. The number of likely N-dealkylation sites (tertiary alicyclic amines) is 1. The smallest absolute Gasteiger partial charge is 0.223 e. The average Bonchev–Trinajstić information content (AvgIpc) is 3.33. The molecule has 1 aliphatic heterocycles. The summed E-state index contributed by atoms with van der Waals surface area (Å²) in [4.78, 5) is 18.9. The van der Waals surface area contributed by atoms with Gasteiger partial charge in [0.15, 0.2) is 5.65 Å². The monoisotopic (exact) mass is 395 g/mol. The summed E-state index contributed by atoms with van der Waals surface area (Å²) in [7, 11) is 0. The summed E-state index contributed by atoms with van der Waals surface area (Å²) in [5.74, 6) is 1.06. The fourth-order valence-corrected chi connectivity index (χ4v) is 3.85. The van der Waals surface area contributed by atoms with Crippen molar-refractivity contribution in [2.45, 2.75) is 39.2 Å². The fraction of sp³-hybridized carbons (Fsp3) is 0.409. The SMILES string of the molecule is CC(C)CC(=O)N1CCCC1CNc1ccc2ncc(-c3ccc(F)cc3)n2n1. The summed E-state index contributed by atoms with van der Waals surface area (Å²) in [6.45, 7) is 5.65. The van der Waals surface area contributed by atoms with Crippen molar-refractivity contribution in [1.82, 2.24) is 19.5 Å². The molecule has 0 spiro atoms. The van der Waals surface area contributed by atoms with Crippen molar-refractivity contribution < 1.29 is 9.18 Å². The molecule has 1 unspecified atom stereocenters. The van der Waals surface area contributed by atoms with Crippen LogP contribution in [0.2, 0.25) is 0 Å². The second kappa shape index (κ2) is 8.19. The fourth-order valence-electron chi connectivity index (χ4n) is 3.85. The number of aromatic nitrogens is 3. The average molecular weight is 395 g/mol. The highest BCUT2D eigenvalue weighted by atomic mass is 19.1. The molecular formula is C22H26FN5O. The van der Waals surface area contributed by atoms with Crippen molar-refractivity contribution in [2.75, 3.05) is 18.4 Å². The molecule has 1 fully saturated rings. The molecule has 6 nitrogen and oxygen atoms in total. The van der Waals surface area contributed by atoms with Gasteiger partial charge < -0.3 is 10.2 Å². The number of carbonyl (C=O) groups is 1. The zero-order valence-electron chi connectivity index (χ0n) is 16.8. The third-order valence-corrected chi connectivity index (χ3v) is 5.30. The predicted molar refractivity (Wildman–Crippen MR) is 111 cm³/mol. The summed E-state index contributed by atoms with van der Waals surface area (Å²) in [5.41, 5.74) is 2.38. The van der Waals surface area contributed by atoms with E-state index in [2.05, 4.69) is 29.2 Å². The second-order valence-corrected chi connectivity index (χ2v) is 8.00. The van der Waals surface area contributed by atoms with E-state index in [-0.39, 0.29) is 17.8 Å². The first-order valence-corrected chi connectivity index (χ1v) is 10.2. The number of benzene rings is 1. The van der Waals surface area contributed by atoms with Gasteiger partial charge in [0.1, 0.15) is 11.6 Å². The van der Waals surface area contributed by atoms with Crippen molar-refractivity contribution in [3.8, 4) is 11.3 Å². The van der Waals surface area contributed by atoms with Gasteiger partial charge in [0.25, 0.3) is 0 Å². The van der Waals surface area contributed by atoms with Gasteiger partial charge in [-0.25, -0.2) is 13.9 Å². The van der Waals surface area contributed by atoms with E-state index in [0.717, 1.165) is 42.1 Å². The molecular weight excluding hydrogens is 369 g/mol. The number of amides is 1. The van der Waals surface area contributed by atoms with E-state index >= 15 is 0 Å². The molecule has 1 N–H and O–H groups in total. The van der Waals surface area contributed by atoms with Crippen LogP contribution in [-0.2, 0) is 4.79 Å². The number of hydrogen-bond acceptors (Lipinski definition) is 4. The molecule has 1 aromatic carbocycles. The Morgan fingerprint density at radius 3 is 2.79 bits per heavy atom. The molecule has 29 heavy (non-hydrogen) atoms. The molecule has 1 amide bonds. The van der Waals surface area contributed by atoms with Crippen LogP contribution in [0.15, 0.2) is 42.6 Å². The topological polar surface area (TPSA) is 62.5 Å². The van der Waals surface area contributed by atoms with Gasteiger partial charge in [0, 0.05) is 31.1 Å². The Bertz CT molecular complexity index is 998. The van der Waals surface area contributed by atoms with Crippen LogP contribution in [0.5, 0.6) is 0 Å². The number of rotatable bonds is 6. The van der Waals surface area contributed by atoms with Gasteiger partial charge in [-0.3, -0.25) is 4.79 Å². The van der Waals surface area contributed by atoms with Gasteiger partial charge in [0.05, 0.1) is 11.9 Å². The van der Waals surface area contributed by atoms with Crippen molar-refractivity contribution in [3.63, 3.8) is 0 Å². The standard InChI is InChI=1S/C22H26FN5O/c1-15(2)12-22(29)27-11-3-4-18(27)13-24-20-9-10-21-25-14-19(28(21)26-20)16-5-7-17(23)8-6-16/h5-10,14-15,18H,3-4,11-13H2,1-2H3,(H,24,26). The maximum absolute atomic E-state index is 13.2. The number of nitrogens with one attached hydrogen (secondary N) is 1. The van der Waals surface area contributed by atoms with Gasteiger partial charge in [-0.1, -0.05) is 13.8 Å². The van der Waals surface area contributed by atoms with E-state index in [1.54, 1.807) is 22.8 Å². The third-order valence-electron chi connectivity index (χ3n) is 5.30. The van der Waals surface area contributed by atoms with Gasteiger partial charge in [-0.05, 0) is 55.2 Å². The summed E-state index contributed by atoms with van der Waals surface area (Å²) >= 11 is 0. The van der Waals surface area contributed by atoms with Crippen molar-refractivity contribution in [2.24, 2.45) is 5.92 Å². The van der Waals surface area contributed by atoms with E-state index in [0.29, 0.717) is 18.9 Å². The highest BCUT2D eigenvalue weighted by molar-refractivity contribution is 5.77. The van der Waals surface area contributed by atoms with E-state index < -0.39 is 0 Å². The van der Waals surface area contributed by atoms with Crippen molar-refractivity contribution in [1.29, 1.82) is 0 Å². The van der Waals surface area contributed by atoms with Crippen LogP contribution in [0, 0.1) is 11.7 Å². The van der Waals surface area contributed by atoms with Crippen molar-refractivity contribution >= 4 is 17.4 Å². The molecule has 3 heterocycles. The molecule has 2 aromatic heterocycles. The first-order chi connectivity index (χ1) is 14.0. The van der Waals surface area contributed by atoms with Crippen molar-refractivity contribution in [3.05, 3.63) is 48.4 Å². The summed E-state index contributed by atoms with van der Waals surface area (Å²) in [6.07, 6.45) is 4.38. The molecule has 1 aliphatic rings. The van der Waals surface area contributed by atoms with E-state index in [9.17, 15) is 9.18 Å². The number of hydrogen-bond donors (Lipinski definition) is 1. The highest BCUT2D eigenvalue weighted by Gasteiger charge is 2.28. The lowest BCUT2D eigenvalue weighted by Crippen LogP contribution is -2.40. The van der Waals surface area contributed by atoms with Gasteiger partial charge in [0.2, 0.25) is 5.91 Å². The summed E-state index contributed by atoms with van der Waals surface area (Å²) < 4.78 is 15.0. The molecule has 7 heteroatoms. The van der Waals surface area contributed by atoms with Crippen LogP contribution in [0.3, 0.4) is 0 Å². The van der Waals surface area contributed by atoms with E-state index in [4.69, 9.17) is 0 Å². The first kappa shape index (κ1) is 19.4. The van der Waals surface area contributed by atoms with Crippen LogP contribution in [0.25, 0.3) is 16.9 Å². The van der Waals surface area contributed by atoms with Crippen LogP contribution in [-0.4, -0.2) is 44.5 Å². The lowest BCUT2D eigenvalue weighted by molar-refractivity contribution is -0.132. The maximum Gasteiger partial charge on any atom is 0.223 e. The number of halogens is 1. The second-order valence-electron chi connectivity index (χ2n) is 8.00. The Labute approximate surface area is 169 Å². The van der Waals surface area contributed by atoms with E-state index in [1.807, 2.05) is 17.0 Å². The molecule has 152 valence electrons. The quantitative estimate of drug-likeness (QED) is 0.686. The summed E-state index contributed by atoms with van der Waals surface area (Å²) in [6, 6.07) is 10.3. The Kier molecular flexibility index (Phi) is 5.47. The number of fused-ring (bicyclic) bond motifs is 1. The third kappa shape index (κ3) is 4.23. The lowest BCUT2D eigenvalue weighted by atomic mass is 10.1. The van der Waals surface area contributed by atoms with Gasteiger partial charge in [-0.15, -0.1) is 5.10 Å². The Hall–Kier alpha value is -2.96. The Morgan fingerprint density at radius 2 is 2.03 bits per heavy atom. The lowest BCUT2D eigenvalue weighted by Gasteiger charge is -2.26. The molecule has 0 aliphatic carbocycles. The minimum Gasteiger partial charge on any atom is -0.367 e. The number of anilines is 1. The number of imidazole rings is 1. The first-order valence-electron chi connectivity index (χ1n) is 10.2. The summed E-state index contributed by atoms with van der Waals surface area (Å²) in [5, 5.41) is 8.04. The molecule has 1 saturated heterocycles. The zero-order valence-corrected chi connectivity index (χ0v) is 16.8. The molecule has 0 saturated carbocycles. The van der Waals surface area contributed by atoms with Gasteiger partial charge >= 0.3 is 0 Å². The van der Waals surface area contributed by atoms with E-state index in [1.165, 1.54) is 12.1 Å². The molecule has 0 bridgehead atoms. The van der Waals surface area contributed by atoms with Crippen LogP contribution < -0.4 is 5.32 Å². The molecule has 1 atom stereocenters. The highest BCUT2D eigenvalue weighted by Crippen LogP contribution is 2.23. The van der Waals surface area contributed by atoms with Gasteiger partial charge in [-0.2, -0.15) is 0 Å². The maximum atomic E-state index is 13.2. The van der Waals surface area contributed by atoms with Crippen LogP contribution >= 0.6 is 0 Å². The van der Waals surface area contributed by atoms with Crippen LogP contribution in [0.1, 0.15) is 33.1 Å². The Balaban J connectivity index is 1.49. The number of carbonyl (C=O) groups excluding carboxylic acids is 1. The molecule has 4 rings (SSSR count). The largest absolute Gasteiger partial charge is 0.367 e. The minimum absolute atomic E-state index is 0.193. The number of nitrogens with zero attached hydrogens (tertiary/aromatic N) is 4. The zero-order chi connectivity index (χ0) is 20.4.